The summed E-state index contributed by atoms with van der Waals surface area (Å²) in [5, 5.41) is 0. The fourth-order valence-electron chi connectivity index (χ4n) is 3.68. The van der Waals surface area contributed by atoms with Crippen LogP contribution in [-0.4, -0.2) is 12.7 Å². The van der Waals surface area contributed by atoms with Crippen molar-refractivity contribution in [1.29, 1.82) is 0 Å². The van der Waals surface area contributed by atoms with Gasteiger partial charge >= 0.3 is 0 Å². The van der Waals surface area contributed by atoms with E-state index >= 15 is 0 Å². The van der Waals surface area contributed by atoms with Gasteiger partial charge in [-0.15, -0.1) is 0 Å². The maximum Gasteiger partial charge on any atom is 0.0734 e. The summed E-state index contributed by atoms with van der Waals surface area (Å²) in [5.74, 6) is 1.82. The molecule has 2 aliphatic rings. The maximum absolute atomic E-state index is 6.03. The Balaban J connectivity index is 1.61. The first kappa shape index (κ1) is 14.4. The molecule has 0 aliphatic heterocycles. The molecule has 0 heterocycles. The Kier molecular flexibility index (Phi) is 5.54. The van der Waals surface area contributed by atoms with Gasteiger partial charge in [0.15, 0.2) is 0 Å². The third-order valence-electron chi connectivity index (χ3n) is 5.09. The number of ether oxygens (including phenoxy) is 1. The molecular formula is C17H32O. The van der Waals surface area contributed by atoms with E-state index in [1.54, 1.807) is 0 Å². The molecule has 0 amide bonds. The molecule has 0 aromatic heterocycles. The fourth-order valence-corrected chi connectivity index (χ4v) is 3.68. The zero-order valence-corrected chi connectivity index (χ0v) is 12.5. The Morgan fingerprint density at radius 2 is 1.33 bits per heavy atom. The largest absolute Gasteiger partial charge is 0.378 e. The molecule has 2 aliphatic carbocycles. The lowest BCUT2D eigenvalue weighted by Crippen LogP contribution is -2.36. The van der Waals surface area contributed by atoms with Crippen molar-refractivity contribution >= 4 is 0 Å². The SMILES string of the molecule is CCCCCCCCCC(OC)(C1CC1)C1CC1. The van der Waals surface area contributed by atoms with Crippen LogP contribution in [-0.2, 0) is 4.74 Å². The second-order valence-corrected chi connectivity index (χ2v) is 6.58. The molecule has 2 saturated carbocycles. The summed E-state index contributed by atoms with van der Waals surface area (Å²) in [4.78, 5) is 0. The predicted molar refractivity (Wildman–Crippen MR) is 77.8 cm³/mol. The van der Waals surface area contributed by atoms with Gasteiger partial charge in [-0.1, -0.05) is 51.9 Å². The van der Waals surface area contributed by atoms with Crippen molar-refractivity contribution in [2.75, 3.05) is 7.11 Å². The highest BCUT2D eigenvalue weighted by Crippen LogP contribution is 2.56. The van der Waals surface area contributed by atoms with E-state index in [4.69, 9.17) is 4.74 Å². The minimum absolute atomic E-state index is 0.309. The second kappa shape index (κ2) is 6.93. The summed E-state index contributed by atoms with van der Waals surface area (Å²) in [6.45, 7) is 2.29. The highest BCUT2D eigenvalue weighted by Gasteiger charge is 2.53. The van der Waals surface area contributed by atoms with Gasteiger partial charge in [-0.05, 0) is 43.9 Å². The van der Waals surface area contributed by atoms with Crippen LogP contribution < -0.4 is 0 Å². The first-order valence-corrected chi connectivity index (χ1v) is 8.38. The van der Waals surface area contributed by atoms with Crippen LogP contribution in [0.2, 0.25) is 0 Å². The van der Waals surface area contributed by atoms with Gasteiger partial charge in [0.25, 0.3) is 0 Å². The highest BCUT2D eigenvalue weighted by atomic mass is 16.5. The van der Waals surface area contributed by atoms with Gasteiger partial charge in [0, 0.05) is 7.11 Å². The number of unbranched alkanes of at least 4 members (excludes halogenated alkanes) is 6. The van der Waals surface area contributed by atoms with Gasteiger partial charge in [-0.25, -0.2) is 0 Å². The smallest absolute Gasteiger partial charge is 0.0734 e. The van der Waals surface area contributed by atoms with E-state index < -0.39 is 0 Å². The normalized spacial score (nSPS) is 20.3. The van der Waals surface area contributed by atoms with E-state index in [9.17, 15) is 0 Å². The van der Waals surface area contributed by atoms with Gasteiger partial charge < -0.3 is 4.74 Å². The number of hydrogen-bond acceptors (Lipinski definition) is 1. The molecule has 2 fully saturated rings. The molecule has 106 valence electrons. The minimum atomic E-state index is 0.309. The molecule has 18 heavy (non-hydrogen) atoms. The van der Waals surface area contributed by atoms with Gasteiger partial charge in [-0.3, -0.25) is 0 Å². The predicted octanol–water partition coefficient (Wildman–Crippen LogP) is 5.33. The summed E-state index contributed by atoms with van der Waals surface area (Å²) >= 11 is 0. The molecule has 1 nitrogen and oxygen atoms in total. The van der Waals surface area contributed by atoms with Crippen molar-refractivity contribution in [2.45, 2.75) is 89.6 Å². The summed E-state index contributed by atoms with van der Waals surface area (Å²) in [6.07, 6.45) is 17.0. The third-order valence-corrected chi connectivity index (χ3v) is 5.09. The first-order chi connectivity index (χ1) is 8.83. The summed E-state index contributed by atoms with van der Waals surface area (Å²) < 4.78 is 6.03. The number of hydrogen-bond donors (Lipinski definition) is 0. The Bertz CT molecular complexity index is 216. The minimum Gasteiger partial charge on any atom is -0.378 e. The van der Waals surface area contributed by atoms with Crippen LogP contribution in [0.15, 0.2) is 0 Å². The van der Waals surface area contributed by atoms with Gasteiger partial charge in [0.1, 0.15) is 0 Å². The van der Waals surface area contributed by atoms with Crippen LogP contribution >= 0.6 is 0 Å². The molecule has 0 radical (unpaired) electrons. The van der Waals surface area contributed by atoms with Gasteiger partial charge in [0.2, 0.25) is 0 Å². The Morgan fingerprint density at radius 3 is 1.78 bits per heavy atom. The lowest BCUT2D eigenvalue weighted by atomic mass is 9.85. The molecule has 0 aromatic rings. The average molecular weight is 252 g/mol. The van der Waals surface area contributed by atoms with Crippen molar-refractivity contribution in [3.05, 3.63) is 0 Å². The van der Waals surface area contributed by atoms with Gasteiger partial charge in [-0.2, -0.15) is 0 Å². The van der Waals surface area contributed by atoms with Crippen molar-refractivity contribution in [1.82, 2.24) is 0 Å². The second-order valence-electron chi connectivity index (χ2n) is 6.58. The lowest BCUT2D eigenvalue weighted by molar-refractivity contribution is -0.0565. The maximum atomic E-state index is 6.03. The summed E-state index contributed by atoms with van der Waals surface area (Å²) in [5.41, 5.74) is 0.309. The Labute approximate surface area is 114 Å². The molecular weight excluding hydrogens is 220 g/mol. The van der Waals surface area contributed by atoms with Crippen molar-refractivity contribution in [3.8, 4) is 0 Å². The summed E-state index contributed by atoms with van der Waals surface area (Å²) in [6, 6.07) is 0. The Morgan fingerprint density at radius 1 is 0.833 bits per heavy atom. The molecule has 0 aromatic carbocycles. The molecule has 1 heteroatoms. The highest BCUT2D eigenvalue weighted by molar-refractivity contribution is 5.04. The van der Waals surface area contributed by atoms with Crippen molar-refractivity contribution in [3.63, 3.8) is 0 Å². The number of rotatable bonds is 11. The zero-order valence-electron chi connectivity index (χ0n) is 12.5. The van der Waals surface area contributed by atoms with Crippen LogP contribution in [0.4, 0.5) is 0 Å². The monoisotopic (exact) mass is 252 g/mol. The van der Waals surface area contributed by atoms with Crippen LogP contribution in [0.1, 0.15) is 84.0 Å². The molecule has 0 saturated heterocycles. The van der Waals surface area contributed by atoms with E-state index in [0.717, 1.165) is 11.8 Å². The Hall–Kier alpha value is -0.0400. The average Bonchev–Trinajstić information content (AvgIpc) is 3.25. The molecule has 0 atom stereocenters. The molecule has 2 rings (SSSR count). The molecule has 0 unspecified atom stereocenters. The van der Waals surface area contributed by atoms with E-state index in [2.05, 4.69) is 6.92 Å². The summed E-state index contributed by atoms with van der Waals surface area (Å²) in [7, 11) is 1.97. The van der Waals surface area contributed by atoms with E-state index in [-0.39, 0.29) is 0 Å². The molecule has 0 bridgehead atoms. The van der Waals surface area contributed by atoms with E-state index in [0.29, 0.717) is 5.60 Å². The molecule has 0 spiro atoms. The third kappa shape index (κ3) is 3.73. The quantitative estimate of drug-likeness (QED) is 0.451. The van der Waals surface area contributed by atoms with Crippen LogP contribution in [0, 0.1) is 11.8 Å². The lowest BCUT2D eigenvalue weighted by Gasteiger charge is -2.33. The van der Waals surface area contributed by atoms with E-state index in [1.165, 1.54) is 77.0 Å². The van der Waals surface area contributed by atoms with Crippen molar-refractivity contribution in [2.24, 2.45) is 11.8 Å². The fraction of sp³-hybridized carbons (Fsp3) is 1.00. The topological polar surface area (TPSA) is 9.23 Å². The van der Waals surface area contributed by atoms with Gasteiger partial charge in [0.05, 0.1) is 5.60 Å². The first-order valence-electron chi connectivity index (χ1n) is 8.38. The number of methoxy groups -OCH3 is 1. The van der Waals surface area contributed by atoms with Crippen molar-refractivity contribution < 1.29 is 4.74 Å². The standard InChI is InChI=1S/C17H32O/c1-3-4-5-6-7-8-9-14-17(18-2,15-10-11-15)16-12-13-16/h15-16H,3-14H2,1-2H3. The van der Waals surface area contributed by atoms with Crippen LogP contribution in [0.25, 0.3) is 0 Å². The van der Waals surface area contributed by atoms with Crippen LogP contribution in [0.3, 0.4) is 0 Å². The van der Waals surface area contributed by atoms with E-state index in [1.807, 2.05) is 7.11 Å². The molecule has 0 N–H and O–H groups in total. The zero-order chi connectivity index (χ0) is 12.8. The van der Waals surface area contributed by atoms with Crippen LogP contribution in [0.5, 0.6) is 0 Å².